The van der Waals surface area contributed by atoms with Crippen molar-refractivity contribution in [3.05, 3.63) is 41.1 Å². The number of halogens is 4. The van der Waals surface area contributed by atoms with Crippen LogP contribution < -0.4 is 10.5 Å². The Morgan fingerprint density at radius 3 is 2.62 bits per heavy atom. The van der Waals surface area contributed by atoms with Gasteiger partial charge >= 0.3 is 0 Å². The molecule has 0 saturated heterocycles. The average Bonchev–Trinajstić information content (AvgIpc) is 2.54. The molecule has 0 aliphatic carbocycles. The number of ether oxygens (including phenoxy) is 1. The van der Waals surface area contributed by atoms with Gasteiger partial charge in [0.25, 0.3) is 6.43 Å². The predicted molar refractivity (Wildman–Crippen MR) is 94.9 cm³/mol. The Morgan fingerprint density at radius 2 is 2.00 bits per heavy atom. The lowest BCUT2D eigenvalue weighted by molar-refractivity contribution is 0.139. The molecule has 2 heterocycles. The largest absolute Gasteiger partial charge is 0.490 e. The zero-order valence-electron chi connectivity index (χ0n) is 14.8. The summed E-state index contributed by atoms with van der Waals surface area (Å²) in [5.41, 5.74) is 5.10. The summed E-state index contributed by atoms with van der Waals surface area (Å²) in [5.74, 6) is -0.560. The van der Waals surface area contributed by atoms with Crippen molar-refractivity contribution in [2.75, 3.05) is 6.61 Å². The Bertz CT molecular complexity index is 769. The molecule has 0 fully saturated rings. The van der Waals surface area contributed by atoms with Gasteiger partial charge in [-0.2, -0.15) is 0 Å². The van der Waals surface area contributed by atoms with Crippen LogP contribution in [0.15, 0.2) is 24.5 Å². The van der Waals surface area contributed by atoms with Gasteiger partial charge in [-0.15, -0.1) is 0 Å². The van der Waals surface area contributed by atoms with Gasteiger partial charge in [0.2, 0.25) is 0 Å². The molecule has 142 valence electrons. The quantitative estimate of drug-likeness (QED) is 0.678. The van der Waals surface area contributed by atoms with Gasteiger partial charge in [-0.05, 0) is 31.4 Å². The molecule has 0 bridgehead atoms. The first-order chi connectivity index (χ1) is 12.1. The fourth-order valence-corrected chi connectivity index (χ4v) is 2.91. The molecule has 2 rings (SSSR count). The maximum absolute atomic E-state index is 14.1. The molecule has 2 aromatic rings. The summed E-state index contributed by atoms with van der Waals surface area (Å²) in [7, 11) is 0. The molecule has 0 saturated carbocycles. The van der Waals surface area contributed by atoms with Crippen molar-refractivity contribution in [3.8, 4) is 17.0 Å². The monoisotopic (exact) mass is 387 g/mol. The van der Waals surface area contributed by atoms with E-state index in [4.69, 9.17) is 22.1 Å². The van der Waals surface area contributed by atoms with E-state index >= 15 is 0 Å². The van der Waals surface area contributed by atoms with E-state index < -0.39 is 17.8 Å². The molecule has 1 unspecified atom stereocenters. The minimum atomic E-state index is -2.82. The lowest BCUT2D eigenvalue weighted by Crippen LogP contribution is -2.43. The Kier molecular flexibility index (Phi) is 6.47. The van der Waals surface area contributed by atoms with Crippen molar-refractivity contribution in [3.63, 3.8) is 0 Å². The van der Waals surface area contributed by atoms with Crippen molar-refractivity contribution in [1.29, 1.82) is 0 Å². The summed E-state index contributed by atoms with van der Waals surface area (Å²) in [4.78, 5) is 7.63. The summed E-state index contributed by atoms with van der Waals surface area (Å²) < 4.78 is 46.5. The maximum atomic E-state index is 14.1. The van der Waals surface area contributed by atoms with Gasteiger partial charge in [0.1, 0.15) is 12.4 Å². The molecule has 0 amide bonds. The van der Waals surface area contributed by atoms with Gasteiger partial charge in [-0.25, -0.2) is 18.2 Å². The minimum absolute atomic E-state index is 0.0121. The van der Waals surface area contributed by atoms with E-state index in [-0.39, 0.29) is 34.3 Å². The van der Waals surface area contributed by atoms with Crippen molar-refractivity contribution in [2.45, 2.75) is 39.2 Å². The molecule has 2 aromatic heterocycles. The van der Waals surface area contributed by atoms with Crippen LogP contribution in [0.4, 0.5) is 13.2 Å². The molecular weight excluding hydrogens is 367 g/mol. The number of pyridine rings is 2. The summed E-state index contributed by atoms with van der Waals surface area (Å²) in [6, 6.07) is 2.41. The normalized spacial score (nSPS) is 13.9. The maximum Gasteiger partial charge on any atom is 0.267 e. The van der Waals surface area contributed by atoms with Crippen LogP contribution in [0.3, 0.4) is 0 Å². The van der Waals surface area contributed by atoms with Crippen LogP contribution in [0.25, 0.3) is 11.3 Å². The van der Waals surface area contributed by atoms with E-state index in [0.717, 1.165) is 12.3 Å². The van der Waals surface area contributed by atoms with Crippen molar-refractivity contribution < 1.29 is 17.9 Å². The van der Waals surface area contributed by atoms with Crippen LogP contribution in [0.5, 0.6) is 5.75 Å². The molecule has 4 nitrogen and oxygen atoms in total. The van der Waals surface area contributed by atoms with E-state index in [0.29, 0.717) is 12.3 Å². The molecule has 0 aromatic carbocycles. The van der Waals surface area contributed by atoms with Crippen molar-refractivity contribution in [2.24, 2.45) is 11.7 Å². The molecule has 0 aliphatic rings. The second kappa shape index (κ2) is 8.22. The molecule has 1 atom stereocenters. The summed E-state index contributed by atoms with van der Waals surface area (Å²) in [6.07, 6.45) is 0.279. The number of aromatic nitrogens is 2. The Labute approximate surface area is 155 Å². The van der Waals surface area contributed by atoms with Gasteiger partial charge in [0, 0.05) is 17.3 Å². The number of nitrogens with zero attached hydrogens (tertiary/aromatic N) is 2. The highest BCUT2D eigenvalue weighted by atomic mass is 35.5. The Morgan fingerprint density at radius 1 is 1.31 bits per heavy atom. The van der Waals surface area contributed by atoms with Crippen LogP contribution >= 0.6 is 11.6 Å². The third-order valence-corrected chi connectivity index (χ3v) is 3.95. The molecule has 0 spiro atoms. The topological polar surface area (TPSA) is 61.0 Å². The van der Waals surface area contributed by atoms with E-state index in [1.165, 1.54) is 12.3 Å². The Balaban J connectivity index is 2.31. The highest BCUT2D eigenvalue weighted by molar-refractivity contribution is 6.29. The Hall–Kier alpha value is -1.86. The van der Waals surface area contributed by atoms with Gasteiger partial charge in [-0.1, -0.05) is 25.4 Å². The number of rotatable bonds is 7. The fraction of sp³-hybridized carbons (Fsp3) is 0.444. The smallest absolute Gasteiger partial charge is 0.267 e. The fourth-order valence-electron chi connectivity index (χ4n) is 2.75. The van der Waals surface area contributed by atoms with Gasteiger partial charge in [0.05, 0.1) is 17.5 Å². The minimum Gasteiger partial charge on any atom is -0.490 e. The van der Waals surface area contributed by atoms with Gasteiger partial charge < -0.3 is 10.5 Å². The van der Waals surface area contributed by atoms with E-state index in [1.807, 2.05) is 13.8 Å². The first kappa shape index (κ1) is 20.5. The first-order valence-electron chi connectivity index (χ1n) is 8.11. The number of hydrogen-bond donors (Lipinski definition) is 1. The lowest BCUT2D eigenvalue weighted by atomic mass is 9.93. The second-order valence-corrected chi connectivity index (χ2v) is 7.27. The summed E-state index contributed by atoms with van der Waals surface area (Å²) in [5, 5.41) is -0.351. The third-order valence-electron chi connectivity index (χ3n) is 3.69. The highest BCUT2D eigenvalue weighted by Crippen LogP contribution is 2.33. The number of nitrogens with two attached hydrogens (primary N) is 1. The van der Waals surface area contributed by atoms with E-state index in [2.05, 4.69) is 9.97 Å². The van der Waals surface area contributed by atoms with Crippen LogP contribution in [0.2, 0.25) is 5.15 Å². The summed E-state index contributed by atoms with van der Waals surface area (Å²) >= 11 is 5.64. The highest BCUT2D eigenvalue weighted by Gasteiger charge is 2.24. The number of alkyl halides is 2. The van der Waals surface area contributed by atoms with Gasteiger partial charge in [0.15, 0.2) is 11.0 Å². The van der Waals surface area contributed by atoms with E-state index in [1.54, 1.807) is 6.92 Å². The zero-order chi connectivity index (χ0) is 19.5. The third kappa shape index (κ3) is 5.08. The van der Waals surface area contributed by atoms with Crippen LogP contribution in [0.1, 0.15) is 39.2 Å². The number of hydrogen-bond acceptors (Lipinski definition) is 4. The van der Waals surface area contributed by atoms with E-state index in [9.17, 15) is 13.2 Å². The molecule has 2 N–H and O–H groups in total. The molecule has 8 heteroatoms. The van der Waals surface area contributed by atoms with Gasteiger partial charge in [-0.3, -0.25) is 4.98 Å². The van der Waals surface area contributed by atoms with Crippen LogP contribution in [-0.4, -0.2) is 22.1 Å². The molecule has 0 radical (unpaired) electrons. The standard InChI is InChI=1S/C18H21ClF3N3O/c1-10(2)7-18(3,23)9-26-14-8-25-13(6-12(14)17(21)22)11-4-5-24-16(19)15(11)20/h4-6,8,10,17H,7,9,23H2,1-3H3. The molecular formula is C18H21ClF3N3O. The lowest BCUT2D eigenvalue weighted by Gasteiger charge is -2.27. The van der Waals surface area contributed by atoms with Crippen LogP contribution in [0, 0.1) is 11.7 Å². The first-order valence-corrected chi connectivity index (χ1v) is 8.48. The SMILES string of the molecule is CC(C)CC(C)(N)COc1cnc(-c2ccnc(Cl)c2F)cc1C(F)F. The predicted octanol–water partition coefficient (Wildman–Crippen LogP) is 5.02. The van der Waals surface area contributed by atoms with Crippen molar-refractivity contribution in [1.82, 2.24) is 9.97 Å². The second-order valence-electron chi connectivity index (χ2n) is 6.91. The summed E-state index contributed by atoms with van der Waals surface area (Å²) in [6.45, 7) is 5.88. The average molecular weight is 388 g/mol. The van der Waals surface area contributed by atoms with Crippen LogP contribution in [-0.2, 0) is 0 Å². The molecule has 26 heavy (non-hydrogen) atoms. The molecule has 0 aliphatic heterocycles. The zero-order valence-corrected chi connectivity index (χ0v) is 15.5. The van der Waals surface area contributed by atoms with Crippen molar-refractivity contribution >= 4 is 11.6 Å².